The quantitative estimate of drug-likeness (QED) is 0.762. The van der Waals surface area contributed by atoms with E-state index in [0.29, 0.717) is 11.9 Å². The molecule has 0 radical (unpaired) electrons. The lowest BCUT2D eigenvalue weighted by molar-refractivity contribution is 0.638. The first kappa shape index (κ1) is 13.2. The molecule has 1 aromatic heterocycles. The number of halogens is 1. The Kier molecular flexibility index (Phi) is 3.76. The van der Waals surface area contributed by atoms with Crippen LogP contribution in [0.25, 0.3) is 10.9 Å². The predicted octanol–water partition coefficient (Wildman–Crippen LogP) is 3.96. The first-order chi connectivity index (χ1) is 9.79. The van der Waals surface area contributed by atoms with Crippen LogP contribution in [0.4, 0.5) is 4.39 Å². The summed E-state index contributed by atoms with van der Waals surface area (Å²) in [7, 11) is 0. The van der Waals surface area contributed by atoms with Gasteiger partial charge < -0.3 is 10.7 Å². The van der Waals surface area contributed by atoms with E-state index in [9.17, 15) is 4.39 Å². The van der Waals surface area contributed by atoms with E-state index < -0.39 is 0 Å². The maximum Gasteiger partial charge on any atom is 0.133 e. The second-order valence-electron chi connectivity index (χ2n) is 4.56. The number of aromatic nitrogens is 1. The highest BCUT2D eigenvalue weighted by Gasteiger charge is 2.11. The molecule has 0 aliphatic carbocycles. The van der Waals surface area contributed by atoms with Crippen LogP contribution in [0.3, 0.4) is 0 Å². The molecule has 0 fully saturated rings. The zero-order chi connectivity index (χ0) is 13.9. The Morgan fingerprint density at radius 3 is 2.75 bits per heavy atom. The van der Waals surface area contributed by atoms with Gasteiger partial charge in [0.05, 0.1) is 0 Å². The fourth-order valence-electron chi connectivity index (χ4n) is 2.27. The number of H-pyrrole nitrogens is 1. The van der Waals surface area contributed by atoms with E-state index in [1.54, 1.807) is 17.8 Å². The average molecular weight is 286 g/mol. The van der Waals surface area contributed by atoms with Gasteiger partial charge in [0.2, 0.25) is 0 Å². The number of rotatable bonds is 4. The molecule has 0 bridgehead atoms. The van der Waals surface area contributed by atoms with Crippen LogP contribution < -0.4 is 5.73 Å². The minimum atomic E-state index is -0.192. The molecule has 0 aliphatic heterocycles. The van der Waals surface area contributed by atoms with Crippen molar-refractivity contribution in [3.8, 4) is 0 Å². The van der Waals surface area contributed by atoms with Gasteiger partial charge >= 0.3 is 0 Å². The van der Waals surface area contributed by atoms with Crippen LogP contribution in [-0.2, 0) is 6.42 Å². The predicted molar refractivity (Wildman–Crippen MR) is 81.6 cm³/mol. The SMILES string of the molecule is NCCc1ccccc1Sc1c[nH]c2cccc(F)c12. The third-order valence-electron chi connectivity index (χ3n) is 3.22. The number of benzene rings is 2. The molecule has 0 aliphatic rings. The second-order valence-corrected chi connectivity index (χ2v) is 5.65. The minimum absolute atomic E-state index is 0.192. The van der Waals surface area contributed by atoms with Crippen molar-refractivity contribution in [3.05, 3.63) is 60.0 Å². The van der Waals surface area contributed by atoms with Gasteiger partial charge in [-0.2, -0.15) is 0 Å². The van der Waals surface area contributed by atoms with Gasteiger partial charge in [0, 0.05) is 26.9 Å². The molecule has 3 N–H and O–H groups in total. The molecule has 20 heavy (non-hydrogen) atoms. The van der Waals surface area contributed by atoms with E-state index in [0.717, 1.165) is 21.7 Å². The Labute approximate surface area is 121 Å². The van der Waals surface area contributed by atoms with Crippen molar-refractivity contribution in [1.29, 1.82) is 0 Å². The van der Waals surface area contributed by atoms with Gasteiger partial charge in [-0.15, -0.1) is 0 Å². The third kappa shape index (κ3) is 2.44. The Bertz CT molecular complexity index is 736. The standard InChI is InChI=1S/C16H15FN2S/c17-12-5-3-6-13-16(12)15(10-19-13)20-14-7-2-1-4-11(14)8-9-18/h1-7,10,19H,8-9,18H2. The Hall–Kier alpha value is -1.78. The molecule has 2 nitrogen and oxygen atoms in total. The molecule has 1 heterocycles. The van der Waals surface area contributed by atoms with Crippen molar-refractivity contribution < 1.29 is 4.39 Å². The lowest BCUT2D eigenvalue weighted by Gasteiger charge is -2.07. The van der Waals surface area contributed by atoms with E-state index in [4.69, 9.17) is 5.73 Å². The molecule has 4 heteroatoms. The maximum atomic E-state index is 14.0. The fraction of sp³-hybridized carbons (Fsp3) is 0.125. The lowest BCUT2D eigenvalue weighted by atomic mass is 10.1. The van der Waals surface area contributed by atoms with Crippen LogP contribution >= 0.6 is 11.8 Å². The maximum absolute atomic E-state index is 14.0. The van der Waals surface area contributed by atoms with E-state index in [1.807, 2.05) is 24.4 Å². The van der Waals surface area contributed by atoms with Crippen molar-refractivity contribution >= 4 is 22.7 Å². The monoisotopic (exact) mass is 286 g/mol. The fourth-order valence-corrected chi connectivity index (χ4v) is 3.39. The summed E-state index contributed by atoms with van der Waals surface area (Å²) in [5.74, 6) is -0.192. The molecule has 0 spiro atoms. The van der Waals surface area contributed by atoms with Crippen molar-refractivity contribution in [1.82, 2.24) is 4.98 Å². The number of hydrogen-bond donors (Lipinski definition) is 2. The Balaban J connectivity index is 2.02. The van der Waals surface area contributed by atoms with Crippen LogP contribution in [-0.4, -0.2) is 11.5 Å². The minimum Gasteiger partial charge on any atom is -0.360 e. The largest absolute Gasteiger partial charge is 0.360 e. The van der Waals surface area contributed by atoms with E-state index >= 15 is 0 Å². The molecule has 0 amide bonds. The van der Waals surface area contributed by atoms with Crippen molar-refractivity contribution in [2.45, 2.75) is 16.2 Å². The van der Waals surface area contributed by atoms with Crippen molar-refractivity contribution in [2.75, 3.05) is 6.54 Å². The van der Waals surface area contributed by atoms with Gasteiger partial charge in [-0.3, -0.25) is 0 Å². The van der Waals surface area contributed by atoms with Gasteiger partial charge in [-0.05, 0) is 36.7 Å². The normalized spacial score (nSPS) is 11.1. The smallest absolute Gasteiger partial charge is 0.133 e. The molecule has 0 saturated heterocycles. The van der Waals surface area contributed by atoms with E-state index in [2.05, 4.69) is 17.1 Å². The molecule has 0 atom stereocenters. The summed E-state index contributed by atoms with van der Waals surface area (Å²) >= 11 is 1.58. The summed E-state index contributed by atoms with van der Waals surface area (Å²) in [5, 5.41) is 0.653. The highest BCUT2D eigenvalue weighted by atomic mass is 32.2. The molecule has 2 aromatic carbocycles. The van der Waals surface area contributed by atoms with Gasteiger partial charge in [0.1, 0.15) is 5.82 Å². The number of nitrogens with two attached hydrogens (primary N) is 1. The van der Waals surface area contributed by atoms with Crippen LogP contribution in [0.1, 0.15) is 5.56 Å². The number of hydrogen-bond acceptors (Lipinski definition) is 2. The first-order valence-corrected chi connectivity index (χ1v) is 7.32. The Morgan fingerprint density at radius 1 is 1.05 bits per heavy atom. The summed E-state index contributed by atoms with van der Waals surface area (Å²) in [6, 6.07) is 13.2. The highest BCUT2D eigenvalue weighted by molar-refractivity contribution is 7.99. The number of fused-ring (bicyclic) bond motifs is 1. The van der Waals surface area contributed by atoms with Crippen LogP contribution in [0.2, 0.25) is 0 Å². The molecule has 102 valence electrons. The highest BCUT2D eigenvalue weighted by Crippen LogP contribution is 2.36. The zero-order valence-corrected chi connectivity index (χ0v) is 11.7. The first-order valence-electron chi connectivity index (χ1n) is 6.51. The summed E-state index contributed by atoms with van der Waals surface area (Å²) in [6.07, 6.45) is 2.69. The lowest BCUT2D eigenvalue weighted by Crippen LogP contribution is -2.03. The summed E-state index contributed by atoms with van der Waals surface area (Å²) in [5.41, 5.74) is 7.66. The van der Waals surface area contributed by atoms with Gasteiger partial charge in [-0.1, -0.05) is 36.0 Å². The topological polar surface area (TPSA) is 41.8 Å². The third-order valence-corrected chi connectivity index (χ3v) is 4.39. The Morgan fingerprint density at radius 2 is 1.90 bits per heavy atom. The molecule has 3 aromatic rings. The van der Waals surface area contributed by atoms with Crippen molar-refractivity contribution in [3.63, 3.8) is 0 Å². The molecule has 0 saturated carbocycles. The molecule has 0 unspecified atom stereocenters. The summed E-state index contributed by atoms with van der Waals surface area (Å²) in [4.78, 5) is 5.15. The second kappa shape index (κ2) is 5.69. The summed E-state index contributed by atoms with van der Waals surface area (Å²) in [6.45, 7) is 0.611. The average Bonchev–Trinajstić information content (AvgIpc) is 2.86. The van der Waals surface area contributed by atoms with Gasteiger partial charge in [0.15, 0.2) is 0 Å². The molecular formula is C16H15FN2S. The van der Waals surface area contributed by atoms with E-state index in [1.165, 1.54) is 11.6 Å². The number of nitrogens with one attached hydrogen (secondary N) is 1. The van der Waals surface area contributed by atoms with E-state index in [-0.39, 0.29) is 5.82 Å². The van der Waals surface area contributed by atoms with Crippen LogP contribution in [0.5, 0.6) is 0 Å². The van der Waals surface area contributed by atoms with Crippen molar-refractivity contribution in [2.24, 2.45) is 5.73 Å². The zero-order valence-electron chi connectivity index (χ0n) is 10.9. The number of aromatic amines is 1. The molecular weight excluding hydrogens is 271 g/mol. The van der Waals surface area contributed by atoms with Gasteiger partial charge in [0.25, 0.3) is 0 Å². The molecule has 3 rings (SSSR count). The van der Waals surface area contributed by atoms with Gasteiger partial charge in [-0.25, -0.2) is 4.39 Å². The summed E-state index contributed by atoms with van der Waals surface area (Å²) < 4.78 is 14.0. The van der Waals surface area contributed by atoms with Crippen LogP contribution in [0, 0.1) is 5.82 Å². The van der Waals surface area contributed by atoms with Crippen LogP contribution in [0.15, 0.2) is 58.5 Å².